The number of aromatic amines is 1. The van der Waals surface area contributed by atoms with Crippen molar-refractivity contribution in [2.75, 3.05) is 0 Å². The van der Waals surface area contributed by atoms with E-state index in [4.69, 9.17) is 0 Å². The predicted octanol–water partition coefficient (Wildman–Crippen LogP) is 3.62. The molecule has 0 saturated heterocycles. The number of hydrogen-bond donors (Lipinski definition) is 1. The van der Waals surface area contributed by atoms with Gasteiger partial charge >= 0.3 is 0 Å². The molecule has 1 aromatic heterocycles. The van der Waals surface area contributed by atoms with Crippen molar-refractivity contribution in [3.8, 4) is 0 Å². The Bertz CT molecular complexity index is 848. The lowest BCUT2D eigenvalue weighted by atomic mass is 10.0. The highest BCUT2D eigenvalue weighted by Gasteiger charge is 2.16. The lowest BCUT2D eigenvalue weighted by molar-refractivity contribution is -0.384. The first kappa shape index (κ1) is 13.1. The van der Waals surface area contributed by atoms with Crippen molar-refractivity contribution in [1.82, 2.24) is 4.98 Å². The van der Waals surface area contributed by atoms with E-state index in [1.807, 2.05) is 19.1 Å². The van der Waals surface area contributed by atoms with Crippen LogP contribution in [0.15, 0.2) is 48.7 Å². The van der Waals surface area contributed by atoms with Gasteiger partial charge in [-0.2, -0.15) is 0 Å². The maximum Gasteiger partial charge on any atom is 0.270 e. The van der Waals surface area contributed by atoms with E-state index < -0.39 is 4.92 Å². The second kappa shape index (κ2) is 4.86. The summed E-state index contributed by atoms with van der Waals surface area (Å²) < 4.78 is 0. The van der Waals surface area contributed by atoms with Gasteiger partial charge in [-0.05, 0) is 13.0 Å². The van der Waals surface area contributed by atoms with Gasteiger partial charge in [0.1, 0.15) is 0 Å². The lowest BCUT2D eigenvalue weighted by Gasteiger charge is -2.00. The molecule has 3 aromatic rings. The molecule has 3 rings (SSSR count). The number of nitrogens with one attached hydrogen (secondary N) is 1. The number of benzene rings is 2. The fourth-order valence-electron chi connectivity index (χ4n) is 2.27. The first-order chi connectivity index (χ1) is 10.1. The Labute approximate surface area is 120 Å². The third kappa shape index (κ3) is 2.29. The Morgan fingerprint density at radius 1 is 1.14 bits per heavy atom. The summed E-state index contributed by atoms with van der Waals surface area (Å²) in [7, 11) is 0. The highest BCUT2D eigenvalue weighted by molar-refractivity contribution is 6.16. The van der Waals surface area contributed by atoms with Crippen LogP contribution in [0.3, 0.4) is 0 Å². The third-order valence-corrected chi connectivity index (χ3v) is 3.43. The van der Waals surface area contributed by atoms with Crippen LogP contribution in [0.2, 0.25) is 0 Å². The average molecular weight is 280 g/mol. The van der Waals surface area contributed by atoms with Crippen LogP contribution < -0.4 is 0 Å². The molecule has 0 spiro atoms. The molecule has 0 aliphatic carbocycles. The largest absolute Gasteiger partial charge is 0.360 e. The highest BCUT2D eigenvalue weighted by atomic mass is 16.6. The minimum absolute atomic E-state index is 0.0277. The molecular weight excluding hydrogens is 268 g/mol. The Hall–Kier alpha value is -2.95. The number of carbonyl (C=O) groups is 1. The molecule has 5 nitrogen and oxygen atoms in total. The van der Waals surface area contributed by atoms with Gasteiger partial charge in [0.05, 0.1) is 4.92 Å². The van der Waals surface area contributed by atoms with Crippen LogP contribution in [0.4, 0.5) is 5.69 Å². The molecule has 5 heteroatoms. The second-order valence-electron chi connectivity index (χ2n) is 4.88. The van der Waals surface area contributed by atoms with Gasteiger partial charge < -0.3 is 4.98 Å². The van der Waals surface area contributed by atoms with Gasteiger partial charge in [0.2, 0.25) is 0 Å². The van der Waals surface area contributed by atoms with E-state index >= 15 is 0 Å². The number of ketones is 1. The quantitative estimate of drug-likeness (QED) is 0.452. The first-order valence-electron chi connectivity index (χ1n) is 6.43. The number of carbonyl (C=O) groups excluding carboxylic acids is 1. The van der Waals surface area contributed by atoms with E-state index in [0.29, 0.717) is 22.0 Å². The molecule has 0 radical (unpaired) electrons. The number of nitro groups is 1. The smallest absolute Gasteiger partial charge is 0.270 e. The fourth-order valence-corrected chi connectivity index (χ4v) is 2.27. The number of hydrogen-bond acceptors (Lipinski definition) is 3. The maximum atomic E-state index is 12.5. The number of nitrogens with zero attached hydrogens (tertiary/aromatic N) is 1. The number of fused-ring (bicyclic) bond motifs is 1. The van der Waals surface area contributed by atoms with Gasteiger partial charge in [-0.25, -0.2) is 0 Å². The van der Waals surface area contributed by atoms with Gasteiger partial charge in [-0.15, -0.1) is 0 Å². The van der Waals surface area contributed by atoms with Crippen LogP contribution in [0, 0.1) is 17.0 Å². The zero-order chi connectivity index (χ0) is 15.0. The minimum atomic E-state index is -0.466. The summed E-state index contributed by atoms with van der Waals surface area (Å²) in [6.45, 7) is 1.95. The molecule has 0 bridgehead atoms. The predicted molar refractivity (Wildman–Crippen MR) is 79.6 cm³/mol. The van der Waals surface area contributed by atoms with Crippen molar-refractivity contribution in [3.63, 3.8) is 0 Å². The first-order valence-corrected chi connectivity index (χ1v) is 6.43. The summed E-state index contributed by atoms with van der Waals surface area (Å²) in [5, 5.41) is 11.4. The molecule has 0 atom stereocenters. The number of H-pyrrole nitrogens is 1. The van der Waals surface area contributed by atoms with Gasteiger partial charge in [-0.3, -0.25) is 14.9 Å². The Morgan fingerprint density at radius 3 is 2.52 bits per heavy atom. The lowest BCUT2D eigenvalue weighted by Crippen LogP contribution is -2.00. The molecule has 21 heavy (non-hydrogen) atoms. The van der Waals surface area contributed by atoms with Crippen molar-refractivity contribution in [2.45, 2.75) is 6.92 Å². The number of aromatic nitrogens is 1. The molecule has 0 unspecified atom stereocenters. The SMILES string of the molecule is Cc1ccc(C(=O)c2c[nH]c3ccc([N+](=O)[O-])cc23)cc1. The molecule has 1 N–H and O–H groups in total. The molecule has 0 amide bonds. The van der Waals surface area contributed by atoms with Crippen LogP contribution >= 0.6 is 0 Å². The highest BCUT2D eigenvalue weighted by Crippen LogP contribution is 2.25. The van der Waals surface area contributed by atoms with E-state index in [2.05, 4.69) is 4.98 Å². The number of aryl methyl sites for hydroxylation is 1. The van der Waals surface area contributed by atoms with Crippen molar-refractivity contribution in [3.05, 3.63) is 75.5 Å². The van der Waals surface area contributed by atoms with Crippen LogP contribution in [-0.4, -0.2) is 15.7 Å². The van der Waals surface area contributed by atoms with E-state index in [0.717, 1.165) is 5.56 Å². The van der Waals surface area contributed by atoms with Gasteiger partial charge in [0.25, 0.3) is 5.69 Å². The van der Waals surface area contributed by atoms with E-state index in [9.17, 15) is 14.9 Å². The second-order valence-corrected chi connectivity index (χ2v) is 4.88. The number of rotatable bonds is 3. The molecule has 104 valence electrons. The summed E-state index contributed by atoms with van der Waals surface area (Å²) in [6.07, 6.45) is 1.59. The summed E-state index contributed by atoms with van der Waals surface area (Å²) in [4.78, 5) is 25.9. The van der Waals surface area contributed by atoms with E-state index in [1.165, 1.54) is 12.1 Å². The summed E-state index contributed by atoms with van der Waals surface area (Å²) >= 11 is 0. The topological polar surface area (TPSA) is 76.0 Å². The Morgan fingerprint density at radius 2 is 1.86 bits per heavy atom. The Kier molecular flexibility index (Phi) is 3.02. The maximum absolute atomic E-state index is 12.5. The zero-order valence-corrected chi connectivity index (χ0v) is 11.3. The molecular formula is C16H12N2O3. The summed E-state index contributed by atoms with van der Waals surface area (Å²) in [5.41, 5.74) is 2.75. The van der Waals surface area contributed by atoms with Crippen molar-refractivity contribution in [1.29, 1.82) is 0 Å². The third-order valence-electron chi connectivity index (χ3n) is 3.43. The minimum Gasteiger partial charge on any atom is -0.360 e. The van der Waals surface area contributed by atoms with Gasteiger partial charge in [0.15, 0.2) is 5.78 Å². The Balaban J connectivity index is 2.11. The average Bonchev–Trinajstić information content (AvgIpc) is 2.90. The normalized spacial score (nSPS) is 10.7. The van der Waals surface area contributed by atoms with Gasteiger partial charge in [0, 0.05) is 40.4 Å². The molecule has 0 aliphatic rings. The molecule has 1 heterocycles. The number of non-ortho nitro benzene ring substituents is 1. The monoisotopic (exact) mass is 280 g/mol. The van der Waals surface area contributed by atoms with Crippen LogP contribution in [0.25, 0.3) is 10.9 Å². The van der Waals surface area contributed by atoms with Gasteiger partial charge in [-0.1, -0.05) is 29.8 Å². The van der Waals surface area contributed by atoms with Crippen LogP contribution in [0.5, 0.6) is 0 Å². The molecule has 0 fully saturated rings. The molecule has 2 aromatic carbocycles. The van der Waals surface area contributed by atoms with Crippen molar-refractivity contribution >= 4 is 22.4 Å². The zero-order valence-electron chi connectivity index (χ0n) is 11.3. The fraction of sp³-hybridized carbons (Fsp3) is 0.0625. The van der Waals surface area contributed by atoms with E-state index in [1.54, 1.807) is 24.4 Å². The standard InChI is InChI=1S/C16H12N2O3/c1-10-2-4-11(5-3-10)16(19)14-9-17-15-7-6-12(18(20)21)8-13(14)15/h2-9,17H,1H3. The molecule has 0 aliphatic heterocycles. The van der Waals surface area contributed by atoms with E-state index in [-0.39, 0.29) is 11.5 Å². The molecule has 0 saturated carbocycles. The van der Waals surface area contributed by atoms with Crippen molar-refractivity contribution < 1.29 is 9.72 Å². The van der Waals surface area contributed by atoms with Crippen LogP contribution in [0.1, 0.15) is 21.5 Å². The van der Waals surface area contributed by atoms with Crippen molar-refractivity contribution in [2.24, 2.45) is 0 Å². The summed E-state index contributed by atoms with van der Waals surface area (Å²) in [6, 6.07) is 11.7. The number of nitro benzene ring substituents is 1. The van der Waals surface area contributed by atoms with Crippen LogP contribution in [-0.2, 0) is 0 Å². The summed E-state index contributed by atoms with van der Waals surface area (Å²) in [5.74, 6) is -0.151.